The normalized spacial score (nSPS) is 10.2. The third kappa shape index (κ3) is 5.71. The van der Waals surface area contributed by atoms with Gasteiger partial charge >= 0.3 is 18.9 Å². The number of hydrogen-bond donors (Lipinski definition) is 0. The van der Waals surface area contributed by atoms with Crippen LogP contribution in [0.1, 0.15) is 1.43 Å². The molecule has 0 unspecified atom stereocenters. The smallest absolute Gasteiger partial charge is 1.00 e. The first-order chi connectivity index (χ1) is 9.24. The zero-order valence-corrected chi connectivity index (χ0v) is 12.3. The third-order valence-corrected chi connectivity index (χ3v) is 2.54. The van der Waals surface area contributed by atoms with Gasteiger partial charge in [-0.15, -0.1) is 0 Å². The average Bonchev–Trinajstić information content (AvgIpc) is 2.40. The molecule has 0 amide bonds. The molecule has 0 aliphatic rings. The molecule has 0 bridgehead atoms. The summed E-state index contributed by atoms with van der Waals surface area (Å²) in [6.45, 7) is 0.684. The molecule has 4 heteroatoms. The molecule has 102 valence electrons. The van der Waals surface area contributed by atoms with Gasteiger partial charge < -0.3 is 15.8 Å². The standard InChI is InChI=1S/C16H19NO2.Li.H/c1-17(2)13-16(18-14-9-5-3-6-10-14)19-15-11-7-4-8-12-15;;/h3-12,16H,13H2,1-2H3;;/q;+1;-1. The molecule has 2 aromatic carbocycles. The molecular weight excluding hydrogens is 245 g/mol. The molecule has 0 saturated carbocycles. The molecule has 20 heavy (non-hydrogen) atoms. The molecule has 2 rings (SSSR count). The van der Waals surface area contributed by atoms with Crippen LogP contribution in [0.25, 0.3) is 0 Å². The van der Waals surface area contributed by atoms with Gasteiger partial charge in [0.25, 0.3) is 6.29 Å². The van der Waals surface area contributed by atoms with Crippen molar-refractivity contribution in [1.29, 1.82) is 0 Å². The summed E-state index contributed by atoms with van der Waals surface area (Å²) in [4.78, 5) is 2.04. The van der Waals surface area contributed by atoms with Crippen LogP contribution >= 0.6 is 0 Å². The van der Waals surface area contributed by atoms with Gasteiger partial charge in [-0.25, -0.2) is 0 Å². The van der Waals surface area contributed by atoms with Gasteiger partial charge in [0.15, 0.2) is 0 Å². The van der Waals surface area contributed by atoms with Crippen LogP contribution in [0.5, 0.6) is 11.5 Å². The summed E-state index contributed by atoms with van der Waals surface area (Å²) in [5, 5.41) is 0. The van der Waals surface area contributed by atoms with Gasteiger partial charge in [-0.3, -0.25) is 0 Å². The molecule has 2 aromatic rings. The molecule has 0 aliphatic heterocycles. The van der Waals surface area contributed by atoms with Crippen molar-refractivity contribution in [1.82, 2.24) is 4.90 Å². The zero-order chi connectivity index (χ0) is 13.5. The molecule has 3 nitrogen and oxygen atoms in total. The summed E-state index contributed by atoms with van der Waals surface area (Å²) < 4.78 is 11.7. The maximum atomic E-state index is 5.87. The molecule has 0 aliphatic carbocycles. The van der Waals surface area contributed by atoms with Crippen LogP contribution in [-0.4, -0.2) is 31.8 Å². The second-order valence-electron chi connectivity index (χ2n) is 4.55. The summed E-state index contributed by atoms with van der Waals surface area (Å²) in [6.07, 6.45) is -0.334. The van der Waals surface area contributed by atoms with Crippen LogP contribution < -0.4 is 28.3 Å². The van der Waals surface area contributed by atoms with Crippen molar-refractivity contribution < 1.29 is 29.8 Å². The van der Waals surface area contributed by atoms with Crippen LogP contribution in [0.2, 0.25) is 0 Å². The van der Waals surface area contributed by atoms with E-state index >= 15 is 0 Å². The van der Waals surface area contributed by atoms with Crippen LogP contribution in [0.4, 0.5) is 0 Å². The third-order valence-electron chi connectivity index (χ3n) is 2.54. The van der Waals surface area contributed by atoms with Crippen molar-refractivity contribution in [2.24, 2.45) is 0 Å². The predicted molar refractivity (Wildman–Crippen MR) is 77.6 cm³/mol. The number of rotatable bonds is 6. The van der Waals surface area contributed by atoms with E-state index in [1.807, 2.05) is 79.7 Å². The van der Waals surface area contributed by atoms with Gasteiger partial charge in [-0.1, -0.05) is 36.4 Å². The van der Waals surface area contributed by atoms with Crippen LogP contribution in [0.3, 0.4) is 0 Å². The van der Waals surface area contributed by atoms with Crippen LogP contribution in [0, 0.1) is 0 Å². The minimum Gasteiger partial charge on any atom is -1.00 e. The first-order valence-corrected chi connectivity index (χ1v) is 6.32. The molecule has 0 aromatic heterocycles. The van der Waals surface area contributed by atoms with Crippen LogP contribution in [-0.2, 0) is 0 Å². The van der Waals surface area contributed by atoms with Crippen molar-refractivity contribution in [3.63, 3.8) is 0 Å². The monoisotopic (exact) mass is 265 g/mol. The molecule has 0 spiro atoms. The van der Waals surface area contributed by atoms with Crippen molar-refractivity contribution >= 4 is 0 Å². The fraction of sp³-hybridized carbons (Fsp3) is 0.250. The fourth-order valence-electron chi connectivity index (χ4n) is 1.70. The Balaban J connectivity index is 0.00000200. The quantitative estimate of drug-likeness (QED) is 0.548. The minimum atomic E-state index is -0.334. The summed E-state index contributed by atoms with van der Waals surface area (Å²) in [5.74, 6) is 1.62. The summed E-state index contributed by atoms with van der Waals surface area (Å²) in [7, 11) is 3.99. The van der Waals surface area contributed by atoms with Crippen LogP contribution in [0.15, 0.2) is 60.7 Å². The van der Waals surface area contributed by atoms with Crippen molar-refractivity contribution in [3.05, 3.63) is 60.7 Å². The Morgan fingerprint density at radius 2 is 1.25 bits per heavy atom. The van der Waals surface area contributed by atoms with Gasteiger partial charge in [-0.2, -0.15) is 0 Å². The number of ether oxygens (including phenoxy) is 2. The molecular formula is C16H20LiNO2. The minimum absolute atomic E-state index is 0. The van der Waals surface area contributed by atoms with E-state index in [0.717, 1.165) is 11.5 Å². The Labute approximate surface area is 134 Å². The van der Waals surface area contributed by atoms with Gasteiger partial charge in [0.05, 0.1) is 6.54 Å². The first kappa shape index (κ1) is 16.7. The molecule has 0 heterocycles. The number of hydrogen-bond acceptors (Lipinski definition) is 3. The van der Waals surface area contributed by atoms with Gasteiger partial charge in [0.2, 0.25) is 0 Å². The van der Waals surface area contributed by atoms with E-state index in [2.05, 4.69) is 0 Å². The predicted octanol–water partition coefficient (Wildman–Crippen LogP) is 0.149. The van der Waals surface area contributed by atoms with E-state index in [4.69, 9.17) is 9.47 Å². The Morgan fingerprint density at radius 1 is 0.850 bits per heavy atom. The maximum absolute atomic E-state index is 5.87. The van der Waals surface area contributed by atoms with Crippen molar-refractivity contribution in [2.75, 3.05) is 20.6 Å². The van der Waals surface area contributed by atoms with E-state index in [1.165, 1.54) is 0 Å². The Kier molecular flexibility index (Phi) is 7.25. The van der Waals surface area contributed by atoms with Crippen molar-refractivity contribution in [2.45, 2.75) is 6.29 Å². The van der Waals surface area contributed by atoms with E-state index in [-0.39, 0.29) is 26.6 Å². The zero-order valence-electron chi connectivity index (χ0n) is 13.3. The van der Waals surface area contributed by atoms with Crippen molar-refractivity contribution in [3.8, 4) is 11.5 Å². The number of para-hydroxylation sites is 2. The summed E-state index contributed by atoms with van der Waals surface area (Å²) in [5.41, 5.74) is 0. The van der Waals surface area contributed by atoms with Gasteiger partial charge in [0, 0.05) is 0 Å². The molecule has 0 N–H and O–H groups in total. The van der Waals surface area contributed by atoms with Gasteiger partial charge in [-0.05, 0) is 38.4 Å². The number of likely N-dealkylation sites (N-methyl/N-ethyl adjacent to an activating group) is 1. The second kappa shape index (κ2) is 8.71. The Bertz CT molecular complexity index is 441. The summed E-state index contributed by atoms with van der Waals surface area (Å²) in [6, 6.07) is 19.4. The Hall–Kier alpha value is -1.40. The van der Waals surface area contributed by atoms with Gasteiger partial charge in [0.1, 0.15) is 11.5 Å². The van der Waals surface area contributed by atoms with E-state index in [1.54, 1.807) is 0 Å². The number of benzene rings is 2. The molecule has 0 radical (unpaired) electrons. The SMILES string of the molecule is CN(C)CC(Oc1ccccc1)Oc1ccccc1.[H-].[Li+]. The fourth-order valence-corrected chi connectivity index (χ4v) is 1.70. The van der Waals surface area contributed by atoms with E-state index < -0.39 is 0 Å². The van der Waals surface area contributed by atoms with E-state index in [0.29, 0.717) is 6.54 Å². The second-order valence-corrected chi connectivity index (χ2v) is 4.55. The Morgan fingerprint density at radius 3 is 1.60 bits per heavy atom. The number of nitrogens with zero attached hydrogens (tertiary/aromatic N) is 1. The largest absolute Gasteiger partial charge is 1.00 e. The average molecular weight is 265 g/mol. The van der Waals surface area contributed by atoms with E-state index in [9.17, 15) is 0 Å². The maximum Gasteiger partial charge on any atom is 1.00 e. The molecule has 0 atom stereocenters. The summed E-state index contributed by atoms with van der Waals surface area (Å²) >= 11 is 0. The first-order valence-electron chi connectivity index (χ1n) is 6.32. The molecule has 0 fully saturated rings. The topological polar surface area (TPSA) is 21.7 Å². The molecule has 0 saturated heterocycles.